The lowest BCUT2D eigenvalue weighted by atomic mass is 10.3. The van der Waals surface area contributed by atoms with E-state index >= 15 is 0 Å². The van der Waals surface area contributed by atoms with Gasteiger partial charge in [-0.05, 0) is 12.1 Å². The Hall–Kier alpha value is -3.03. The Labute approximate surface area is 106 Å². The summed E-state index contributed by atoms with van der Waals surface area (Å²) in [6.45, 7) is 0. The van der Waals surface area contributed by atoms with Gasteiger partial charge in [0.25, 0.3) is 5.69 Å². The lowest BCUT2D eigenvalue weighted by Crippen LogP contribution is -2.31. The SMILES string of the molecule is O=C(Nc1ccccc1[N+](=O)[O-])n1cccnc1=O. The van der Waals surface area contributed by atoms with E-state index < -0.39 is 16.6 Å². The van der Waals surface area contributed by atoms with Crippen molar-refractivity contribution in [2.75, 3.05) is 5.32 Å². The molecule has 0 aliphatic rings. The quantitative estimate of drug-likeness (QED) is 0.645. The minimum absolute atomic E-state index is 0.00764. The van der Waals surface area contributed by atoms with Crippen LogP contribution in [0.15, 0.2) is 47.5 Å². The molecule has 0 aliphatic carbocycles. The monoisotopic (exact) mass is 260 g/mol. The number of rotatable bonds is 2. The normalized spacial score (nSPS) is 9.89. The molecule has 1 aromatic carbocycles. The summed E-state index contributed by atoms with van der Waals surface area (Å²) in [6, 6.07) is 6.23. The Bertz CT molecular complexity index is 695. The van der Waals surface area contributed by atoms with E-state index in [1.807, 2.05) is 0 Å². The fourth-order valence-corrected chi connectivity index (χ4v) is 1.43. The molecule has 1 heterocycles. The number of nitrogens with zero attached hydrogens (tertiary/aromatic N) is 3. The van der Waals surface area contributed by atoms with E-state index in [4.69, 9.17) is 0 Å². The van der Waals surface area contributed by atoms with E-state index in [0.717, 1.165) is 4.57 Å². The Kier molecular flexibility index (Phi) is 3.33. The van der Waals surface area contributed by atoms with Gasteiger partial charge in [0.1, 0.15) is 5.69 Å². The summed E-state index contributed by atoms with van der Waals surface area (Å²) < 4.78 is 0.719. The van der Waals surface area contributed by atoms with Crippen molar-refractivity contribution in [2.45, 2.75) is 0 Å². The second-order valence-electron chi connectivity index (χ2n) is 3.48. The molecule has 8 nitrogen and oxygen atoms in total. The molecule has 8 heteroatoms. The largest absolute Gasteiger partial charge is 0.355 e. The van der Waals surface area contributed by atoms with Gasteiger partial charge in [-0.15, -0.1) is 0 Å². The van der Waals surface area contributed by atoms with Crippen LogP contribution in [0.2, 0.25) is 0 Å². The molecule has 0 radical (unpaired) electrons. The third-order valence-electron chi connectivity index (χ3n) is 2.27. The fraction of sp³-hybridized carbons (Fsp3) is 0. The van der Waals surface area contributed by atoms with Gasteiger partial charge in [0.05, 0.1) is 4.92 Å². The van der Waals surface area contributed by atoms with Crippen LogP contribution in [-0.4, -0.2) is 20.5 Å². The van der Waals surface area contributed by atoms with Gasteiger partial charge in [0.2, 0.25) is 0 Å². The molecule has 0 atom stereocenters. The summed E-state index contributed by atoms with van der Waals surface area (Å²) in [5.74, 6) is 0. The maximum absolute atomic E-state index is 11.8. The van der Waals surface area contributed by atoms with E-state index in [-0.39, 0.29) is 11.4 Å². The highest BCUT2D eigenvalue weighted by Gasteiger charge is 2.16. The van der Waals surface area contributed by atoms with Crippen LogP contribution in [0.25, 0.3) is 0 Å². The Morgan fingerprint density at radius 2 is 2.05 bits per heavy atom. The lowest BCUT2D eigenvalue weighted by Gasteiger charge is -2.06. The number of carbonyl (C=O) groups is 1. The predicted molar refractivity (Wildman–Crippen MR) is 66.0 cm³/mol. The van der Waals surface area contributed by atoms with Crippen molar-refractivity contribution in [3.63, 3.8) is 0 Å². The van der Waals surface area contributed by atoms with Gasteiger partial charge < -0.3 is 5.32 Å². The number of nitro benzene ring substituents is 1. The van der Waals surface area contributed by atoms with Crippen LogP contribution in [-0.2, 0) is 0 Å². The summed E-state index contributed by atoms with van der Waals surface area (Å²) >= 11 is 0. The summed E-state index contributed by atoms with van der Waals surface area (Å²) in [4.78, 5) is 36.7. The number of anilines is 1. The van der Waals surface area contributed by atoms with Gasteiger partial charge in [-0.25, -0.2) is 19.1 Å². The van der Waals surface area contributed by atoms with E-state index in [1.54, 1.807) is 0 Å². The standard InChI is InChI=1S/C11H8N4O4/c16-10-12-6-3-7-14(10)11(17)13-8-4-1-2-5-9(8)15(18)19/h1-7H,(H,13,17). The van der Waals surface area contributed by atoms with Crippen molar-refractivity contribution in [3.8, 4) is 0 Å². The number of amides is 1. The molecule has 0 saturated carbocycles. The van der Waals surface area contributed by atoms with E-state index in [0.29, 0.717) is 0 Å². The molecule has 0 aliphatic heterocycles. The molecule has 96 valence electrons. The molecular formula is C11H8N4O4. The van der Waals surface area contributed by atoms with Crippen LogP contribution < -0.4 is 11.0 Å². The van der Waals surface area contributed by atoms with Gasteiger partial charge in [-0.2, -0.15) is 0 Å². The summed E-state index contributed by atoms with van der Waals surface area (Å²) in [7, 11) is 0. The Morgan fingerprint density at radius 1 is 1.32 bits per heavy atom. The minimum Gasteiger partial charge on any atom is -0.301 e. The molecule has 0 spiro atoms. The number of nitro groups is 1. The first-order chi connectivity index (χ1) is 9.09. The van der Waals surface area contributed by atoms with E-state index in [2.05, 4.69) is 10.3 Å². The van der Waals surface area contributed by atoms with Crippen LogP contribution in [0, 0.1) is 10.1 Å². The number of nitrogens with one attached hydrogen (secondary N) is 1. The van der Waals surface area contributed by atoms with Gasteiger partial charge in [-0.3, -0.25) is 10.1 Å². The molecule has 0 unspecified atom stereocenters. The maximum atomic E-state index is 11.8. The molecule has 0 saturated heterocycles. The number of para-hydroxylation sites is 2. The van der Waals surface area contributed by atoms with Crippen molar-refractivity contribution in [1.82, 2.24) is 9.55 Å². The first-order valence-electron chi connectivity index (χ1n) is 5.18. The topological polar surface area (TPSA) is 107 Å². The molecule has 1 amide bonds. The van der Waals surface area contributed by atoms with Crippen molar-refractivity contribution in [3.05, 3.63) is 63.3 Å². The van der Waals surface area contributed by atoms with Gasteiger partial charge in [0, 0.05) is 18.5 Å². The van der Waals surface area contributed by atoms with Crippen molar-refractivity contribution >= 4 is 17.4 Å². The first kappa shape index (κ1) is 12.4. The summed E-state index contributed by atoms with van der Waals surface area (Å²) in [5.41, 5.74) is -1.01. The van der Waals surface area contributed by atoms with Gasteiger partial charge >= 0.3 is 11.7 Å². The molecule has 1 N–H and O–H groups in total. The smallest absolute Gasteiger partial charge is 0.301 e. The van der Waals surface area contributed by atoms with Crippen molar-refractivity contribution in [1.29, 1.82) is 0 Å². The molecular weight excluding hydrogens is 252 g/mol. The predicted octanol–water partition coefficient (Wildman–Crippen LogP) is 1.23. The molecule has 2 aromatic rings. The number of benzene rings is 1. The van der Waals surface area contributed by atoms with Crippen LogP contribution in [0.3, 0.4) is 0 Å². The molecule has 0 fully saturated rings. The van der Waals surface area contributed by atoms with Gasteiger partial charge in [-0.1, -0.05) is 12.1 Å². The summed E-state index contributed by atoms with van der Waals surface area (Å²) in [6.07, 6.45) is 2.47. The van der Waals surface area contributed by atoms with Crippen LogP contribution in [0.1, 0.15) is 0 Å². The number of carbonyl (C=O) groups excluding carboxylic acids is 1. The van der Waals surface area contributed by atoms with Gasteiger partial charge in [0.15, 0.2) is 0 Å². The average molecular weight is 260 g/mol. The number of hydrogen-bond donors (Lipinski definition) is 1. The third kappa shape index (κ3) is 2.63. The molecule has 2 rings (SSSR count). The third-order valence-corrected chi connectivity index (χ3v) is 2.27. The van der Waals surface area contributed by atoms with E-state index in [1.165, 1.54) is 42.7 Å². The number of hydrogen-bond acceptors (Lipinski definition) is 5. The second kappa shape index (κ2) is 5.08. The second-order valence-corrected chi connectivity index (χ2v) is 3.48. The van der Waals surface area contributed by atoms with Crippen LogP contribution in [0.5, 0.6) is 0 Å². The number of aromatic nitrogens is 2. The molecule has 1 aromatic heterocycles. The zero-order valence-electron chi connectivity index (χ0n) is 9.52. The van der Waals surface area contributed by atoms with Crippen LogP contribution >= 0.6 is 0 Å². The van der Waals surface area contributed by atoms with Crippen LogP contribution in [0.4, 0.5) is 16.2 Å². The van der Waals surface area contributed by atoms with E-state index in [9.17, 15) is 19.7 Å². The first-order valence-corrected chi connectivity index (χ1v) is 5.18. The fourth-order valence-electron chi connectivity index (χ4n) is 1.43. The Balaban J connectivity index is 2.33. The highest BCUT2D eigenvalue weighted by Crippen LogP contribution is 2.22. The van der Waals surface area contributed by atoms with Crippen molar-refractivity contribution < 1.29 is 9.72 Å². The summed E-state index contributed by atoms with van der Waals surface area (Å²) in [5, 5.41) is 13.1. The maximum Gasteiger partial charge on any atom is 0.355 e. The highest BCUT2D eigenvalue weighted by atomic mass is 16.6. The zero-order valence-corrected chi connectivity index (χ0v) is 9.52. The van der Waals surface area contributed by atoms with Crippen molar-refractivity contribution in [2.24, 2.45) is 0 Å². The lowest BCUT2D eigenvalue weighted by molar-refractivity contribution is -0.383. The zero-order chi connectivity index (χ0) is 13.8. The molecule has 0 bridgehead atoms. The minimum atomic E-state index is -0.813. The Morgan fingerprint density at radius 3 is 2.74 bits per heavy atom. The average Bonchev–Trinajstić information content (AvgIpc) is 2.39. The molecule has 19 heavy (non-hydrogen) atoms. The highest BCUT2D eigenvalue weighted by molar-refractivity contribution is 5.93.